The first kappa shape index (κ1) is 14.4. The van der Waals surface area contributed by atoms with E-state index in [-0.39, 0.29) is 5.82 Å². The van der Waals surface area contributed by atoms with Crippen molar-refractivity contribution in [2.45, 2.75) is 32.9 Å². The van der Waals surface area contributed by atoms with Gasteiger partial charge in [0.15, 0.2) is 0 Å². The van der Waals surface area contributed by atoms with Crippen molar-refractivity contribution < 1.29 is 4.39 Å². The quantitative estimate of drug-likeness (QED) is 0.735. The third-order valence-electron chi connectivity index (χ3n) is 2.41. The van der Waals surface area contributed by atoms with E-state index in [1.165, 1.54) is 12.1 Å². The van der Waals surface area contributed by atoms with Crippen LogP contribution in [0.25, 0.3) is 0 Å². The molecule has 0 unspecified atom stereocenters. The lowest BCUT2D eigenvalue weighted by atomic mass is 10.2. The molecular weight excluding hydrogens is 239 g/mol. The van der Waals surface area contributed by atoms with Crippen LogP contribution in [0.1, 0.15) is 25.8 Å². The van der Waals surface area contributed by atoms with Gasteiger partial charge in [0, 0.05) is 17.6 Å². The second kappa shape index (κ2) is 7.64. The Balaban J connectivity index is 2.18. The maximum atomic E-state index is 12.8. The first-order chi connectivity index (χ1) is 8.09. The molecule has 2 N–H and O–H groups in total. The van der Waals surface area contributed by atoms with Crippen LogP contribution < -0.4 is 10.6 Å². The lowest BCUT2D eigenvalue weighted by Gasteiger charge is -2.09. The summed E-state index contributed by atoms with van der Waals surface area (Å²) < 4.78 is 12.8. The van der Waals surface area contributed by atoms with Gasteiger partial charge in [0.1, 0.15) is 5.82 Å². The normalized spacial score (nSPS) is 11.1. The Morgan fingerprint density at radius 3 is 2.71 bits per heavy atom. The van der Waals surface area contributed by atoms with E-state index in [1.54, 1.807) is 6.07 Å². The van der Waals surface area contributed by atoms with Crippen LogP contribution in [0, 0.1) is 5.82 Å². The third kappa shape index (κ3) is 6.01. The maximum Gasteiger partial charge on any atom is 0.124 e. The van der Waals surface area contributed by atoms with Gasteiger partial charge in [0.05, 0.1) is 0 Å². The summed E-state index contributed by atoms with van der Waals surface area (Å²) in [5.74, 6) is -0.292. The standard InChI is InChI=1S/C13H20ClFN2/c1-10(2)17-7-3-6-16-9-11-4-5-12(15)8-13(11)14/h4-5,8,10,16-17H,3,6-7,9H2,1-2H3. The largest absolute Gasteiger partial charge is 0.314 e. The molecule has 0 aliphatic heterocycles. The van der Waals surface area contributed by atoms with Crippen molar-refractivity contribution in [1.82, 2.24) is 10.6 Å². The SMILES string of the molecule is CC(C)NCCCNCc1ccc(F)cc1Cl. The first-order valence-corrected chi connectivity index (χ1v) is 6.35. The molecule has 0 heterocycles. The van der Waals surface area contributed by atoms with Crippen LogP contribution in [-0.4, -0.2) is 19.1 Å². The average Bonchev–Trinajstić information content (AvgIpc) is 2.25. The summed E-state index contributed by atoms with van der Waals surface area (Å²) in [6, 6.07) is 5.03. The molecule has 0 saturated carbocycles. The summed E-state index contributed by atoms with van der Waals surface area (Å²) in [4.78, 5) is 0. The van der Waals surface area contributed by atoms with Crippen LogP contribution >= 0.6 is 11.6 Å². The Hall–Kier alpha value is -0.640. The molecule has 2 nitrogen and oxygen atoms in total. The highest BCUT2D eigenvalue weighted by atomic mass is 35.5. The van der Waals surface area contributed by atoms with Crippen molar-refractivity contribution in [3.05, 3.63) is 34.6 Å². The van der Waals surface area contributed by atoms with Crippen LogP contribution in [0.5, 0.6) is 0 Å². The first-order valence-electron chi connectivity index (χ1n) is 5.97. The summed E-state index contributed by atoms with van der Waals surface area (Å²) in [6.45, 7) is 6.87. The fraction of sp³-hybridized carbons (Fsp3) is 0.538. The highest BCUT2D eigenvalue weighted by molar-refractivity contribution is 6.31. The molecule has 1 aromatic rings. The lowest BCUT2D eigenvalue weighted by Crippen LogP contribution is -2.26. The van der Waals surface area contributed by atoms with E-state index in [9.17, 15) is 4.39 Å². The number of halogens is 2. The molecule has 17 heavy (non-hydrogen) atoms. The molecule has 0 amide bonds. The Morgan fingerprint density at radius 1 is 1.29 bits per heavy atom. The maximum absolute atomic E-state index is 12.8. The number of nitrogens with one attached hydrogen (secondary N) is 2. The van der Waals surface area contributed by atoms with Gasteiger partial charge >= 0.3 is 0 Å². The number of hydrogen-bond donors (Lipinski definition) is 2. The van der Waals surface area contributed by atoms with Crippen molar-refractivity contribution in [3.8, 4) is 0 Å². The predicted octanol–water partition coefficient (Wildman–Crippen LogP) is 2.96. The van der Waals surface area contributed by atoms with Gasteiger partial charge in [-0.3, -0.25) is 0 Å². The monoisotopic (exact) mass is 258 g/mol. The van der Waals surface area contributed by atoms with Gasteiger partial charge in [-0.1, -0.05) is 31.5 Å². The Morgan fingerprint density at radius 2 is 2.06 bits per heavy atom. The van der Waals surface area contributed by atoms with E-state index in [4.69, 9.17) is 11.6 Å². The van der Waals surface area contributed by atoms with Gasteiger partial charge in [-0.15, -0.1) is 0 Å². The minimum Gasteiger partial charge on any atom is -0.314 e. The highest BCUT2D eigenvalue weighted by Crippen LogP contribution is 2.16. The molecule has 0 bridgehead atoms. The molecule has 96 valence electrons. The molecule has 0 radical (unpaired) electrons. The fourth-order valence-corrected chi connectivity index (χ4v) is 1.73. The Bertz CT molecular complexity index is 342. The zero-order chi connectivity index (χ0) is 12.7. The predicted molar refractivity (Wildman–Crippen MR) is 70.9 cm³/mol. The van der Waals surface area contributed by atoms with Crippen molar-refractivity contribution >= 4 is 11.6 Å². The van der Waals surface area contributed by atoms with Crippen LogP contribution in [0.2, 0.25) is 5.02 Å². The smallest absolute Gasteiger partial charge is 0.124 e. The van der Waals surface area contributed by atoms with E-state index in [0.29, 0.717) is 17.6 Å². The fourth-order valence-electron chi connectivity index (χ4n) is 1.49. The van der Waals surface area contributed by atoms with Gasteiger partial charge in [0.25, 0.3) is 0 Å². The van der Waals surface area contributed by atoms with Crippen molar-refractivity contribution in [3.63, 3.8) is 0 Å². The topological polar surface area (TPSA) is 24.1 Å². The molecule has 0 atom stereocenters. The molecule has 0 saturated heterocycles. The third-order valence-corrected chi connectivity index (χ3v) is 2.77. The molecule has 0 aliphatic rings. The van der Waals surface area contributed by atoms with Gasteiger partial charge in [-0.05, 0) is 37.2 Å². The minimum absolute atomic E-state index is 0.292. The molecule has 4 heteroatoms. The second-order valence-corrected chi connectivity index (χ2v) is 4.78. The second-order valence-electron chi connectivity index (χ2n) is 4.37. The number of rotatable bonds is 7. The summed E-state index contributed by atoms with van der Waals surface area (Å²) in [5, 5.41) is 7.12. The van der Waals surface area contributed by atoms with Crippen LogP contribution in [0.15, 0.2) is 18.2 Å². The summed E-state index contributed by atoms with van der Waals surface area (Å²) >= 11 is 5.92. The summed E-state index contributed by atoms with van der Waals surface area (Å²) in [5.41, 5.74) is 0.935. The van der Waals surface area contributed by atoms with Crippen LogP contribution in [-0.2, 0) is 6.54 Å². The minimum atomic E-state index is -0.292. The average molecular weight is 259 g/mol. The van der Waals surface area contributed by atoms with Crippen LogP contribution in [0.3, 0.4) is 0 Å². The lowest BCUT2D eigenvalue weighted by molar-refractivity contribution is 0.547. The van der Waals surface area contributed by atoms with E-state index in [0.717, 1.165) is 25.1 Å². The van der Waals surface area contributed by atoms with E-state index in [1.807, 2.05) is 0 Å². The van der Waals surface area contributed by atoms with Crippen molar-refractivity contribution in [1.29, 1.82) is 0 Å². The molecule has 0 aliphatic carbocycles. The highest BCUT2D eigenvalue weighted by Gasteiger charge is 2.01. The molecular formula is C13H20ClFN2. The Kier molecular flexibility index (Phi) is 6.48. The zero-order valence-electron chi connectivity index (χ0n) is 10.4. The molecule has 0 spiro atoms. The summed E-state index contributed by atoms with van der Waals surface area (Å²) in [7, 11) is 0. The van der Waals surface area contributed by atoms with Gasteiger partial charge in [-0.2, -0.15) is 0 Å². The number of hydrogen-bond acceptors (Lipinski definition) is 2. The van der Waals surface area contributed by atoms with E-state index >= 15 is 0 Å². The van der Waals surface area contributed by atoms with Gasteiger partial charge in [-0.25, -0.2) is 4.39 Å². The van der Waals surface area contributed by atoms with E-state index < -0.39 is 0 Å². The Labute approximate surface area is 108 Å². The zero-order valence-corrected chi connectivity index (χ0v) is 11.1. The number of benzene rings is 1. The van der Waals surface area contributed by atoms with Crippen molar-refractivity contribution in [2.24, 2.45) is 0 Å². The molecule has 0 aromatic heterocycles. The summed E-state index contributed by atoms with van der Waals surface area (Å²) in [6.07, 6.45) is 1.07. The van der Waals surface area contributed by atoms with Gasteiger partial charge in [0.2, 0.25) is 0 Å². The molecule has 1 rings (SSSR count). The molecule has 0 fully saturated rings. The van der Waals surface area contributed by atoms with Crippen LogP contribution in [0.4, 0.5) is 4.39 Å². The van der Waals surface area contributed by atoms with E-state index in [2.05, 4.69) is 24.5 Å². The molecule has 1 aromatic carbocycles. The van der Waals surface area contributed by atoms with Gasteiger partial charge < -0.3 is 10.6 Å². The van der Waals surface area contributed by atoms with Crippen molar-refractivity contribution in [2.75, 3.05) is 13.1 Å².